The molecular weight excluding hydrogens is 259 g/mol. The summed E-state index contributed by atoms with van der Waals surface area (Å²) in [5, 5.41) is 0. The lowest BCUT2D eigenvalue weighted by molar-refractivity contribution is 0.112. The van der Waals surface area contributed by atoms with Crippen molar-refractivity contribution in [2.45, 2.75) is 6.42 Å². The van der Waals surface area contributed by atoms with E-state index in [1.807, 2.05) is 0 Å². The molecule has 0 fully saturated rings. The molecule has 3 nitrogen and oxygen atoms in total. The van der Waals surface area contributed by atoms with Gasteiger partial charge in [0.05, 0.1) is 13.7 Å². The van der Waals surface area contributed by atoms with E-state index in [9.17, 15) is 9.18 Å². The fourth-order valence-corrected chi connectivity index (χ4v) is 1.81. The van der Waals surface area contributed by atoms with Crippen LogP contribution < -0.4 is 9.47 Å². The second-order valence-electron chi connectivity index (χ2n) is 4.25. The molecule has 0 aromatic heterocycles. The minimum Gasteiger partial charge on any atom is -0.493 e. The zero-order valence-electron chi connectivity index (χ0n) is 11.1. The third-order valence-electron chi connectivity index (χ3n) is 2.89. The number of ether oxygens (including phenoxy) is 2. The first-order valence-corrected chi connectivity index (χ1v) is 6.23. The summed E-state index contributed by atoms with van der Waals surface area (Å²) in [4.78, 5) is 10.7. The first kappa shape index (κ1) is 14.1. The van der Waals surface area contributed by atoms with Crippen LogP contribution in [0.25, 0.3) is 0 Å². The Morgan fingerprint density at radius 2 is 1.85 bits per heavy atom. The van der Waals surface area contributed by atoms with Crippen molar-refractivity contribution in [1.82, 2.24) is 0 Å². The van der Waals surface area contributed by atoms with Crippen LogP contribution in [0.1, 0.15) is 15.9 Å². The molecule has 0 radical (unpaired) electrons. The van der Waals surface area contributed by atoms with Crippen LogP contribution >= 0.6 is 0 Å². The molecule has 0 aliphatic heterocycles. The average molecular weight is 274 g/mol. The fraction of sp³-hybridized carbons (Fsp3) is 0.188. The molecule has 0 bridgehead atoms. The molecule has 4 heteroatoms. The van der Waals surface area contributed by atoms with Crippen molar-refractivity contribution < 1.29 is 18.7 Å². The highest BCUT2D eigenvalue weighted by molar-refractivity contribution is 5.76. The molecular formula is C16H15FO3. The summed E-state index contributed by atoms with van der Waals surface area (Å²) in [5.74, 6) is 0.856. The largest absolute Gasteiger partial charge is 0.493 e. The minimum absolute atomic E-state index is 0.249. The lowest BCUT2D eigenvalue weighted by atomic mass is 10.1. The normalized spacial score (nSPS) is 10.1. The number of aldehydes is 1. The molecule has 0 atom stereocenters. The Labute approximate surface area is 117 Å². The standard InChI is InChI=1S/C16H15FO3/c1-19-16-10-13(11-18)4-7-15(16)20-9-8-12-2-5-14(17)6-3-12/h2-7,10-11H,8-9H2,1H3. The van der Waals surface area contributed by atoms with Crippen molar-refractivity contribution in [2.24, 2.45) is 0 Å². The highest BCUT2D eigenvalue weighted by Gasteiger charge is 2.05. The molecule has 2 aromatic rings. The number of rotatable bonds is 6. The van der Waals surface area contributed by atoms with Crippen LogP contribution in [-0.2, 0) is 6.42 Å². The summed E-state index contributed by atoms with van der Waals surface area (Å²) in [5.41, 5.74) is 1.53. The Morgan fingerprint density at radius 3 is 2.50 bits per heavy atom. The molecule has 0 unspecified atom stereocenters. The van der Waals surface area contributed by atoms with E-state index in [1.54, 1.807) is 30.3 Å². The molecule has 0 heterocycles. The first-order chi connectivity index (χ1) is 9.72. The van der Waals surface area contributed by atoms with Crippen LogP contribution in [0, 0.1) is 5.82 Å². The minimum atomic E-state index is -0.249. The molecule has 0 aliphatic rings. The maximum atomic E-state index is 12.8. The summed E-state index contributed by atoms with van der Waals surface area (Å²) in [6, 6.07) is 11.3. The van der Waals surface area contributed by atoms with Gasteiger partial charge in [0, 0.05) is 12.0 Å². The van der Waals surface area contributed by atoms with Crippen LogP contribution in [0.15, 0.2) is 42.5 Å². The van der Waals surface area contributed by atoms with Crippen LogP contribution in [0.2, 0.25) is 0 Å². The van der Waals surface area contributed by atoms with E-state index < -0.39 is 0 Å². The van der Waals surface area contributed by atoms with Crippen molar-refractivity contribution in [3.63, 3.8) is 0 Å². The number of methoxy groups -OCH3 is 1. The molecule has 0 saturated carbocycles. The van der Waals surface area contributed by atoms with Gasteiger partial charge in [-0.2, -0.15) is 0 Å². The van der Waals surface area contributed by atoms with Gasteiger partial charge in [-0.1, -0.05) is 12.1 Å². The van der Waals surface area contributed by atoms with Crippen LogP contribution in [0.3, 0.4) is 0 Å². The van der Waals surface area contributed by atoms with Gasteiger partial charge in [-0.25, -0.2) is 4.39 Å². The van der Waals surface area contributed by atoms with Gasteiger partial charge >= 0.3 is 0 Å². The number of halogens is 1. The predicted molar refractivity (Wildman–Crippen MR) is 74.0 cm³/mol. The highest BCUT2D eigenvalue weighted by atomic mass is 19.1. The lowest BCUT2D eigenvalue weighted by Crippen LogP contribution is -2.03. The van der Waals surface area contributed by atoms with Gasteiger partial charge in [0.1, 0.15) is 12.1 Å². The SMILES string of the molecule is COc1cc(C=O)ccc1OCCc1ccc(F)cc1. The quantitative estimate of drug-likeness (QED) is 0.758. The second-order valence-corrected chi connectivity index (χ2v) is 4.25. The Hall–Kier alpha value is -2.36. The number of carbonyl (C=O) groups is 1. The fourth-order valence-electron chi connectivity index (χ4n) is 1.81. The molecule has 2 rings (SSSR count). The Balaban J connectivity index is 1.96. The van der Waals surface area contributed by atoms with Gasteiger partial charge in [-0.15, -0.1) is 0 Å². The van der Waals surface area contributed by atoms with E-state index in [-0.39, 0.29) is 5.82 Å². The molecule has 2 aromatic carbocycles. The summed E-state index contributed by atoms with van der Waals surface area (Å²) in [6.07, 6.45) is 1.42. The van der Waals surface area contributed by atoms with Crippen LogP contribution in [0.4, 0.5) is 4.39 Å². The first-order valence-electron chi connectivity index (χ1n) is 6.23. The summed E-state index contributed by atoms with van der Waals surface area (Å²) in [7, 11) is 1.52. The van der Waals surface area contributed by atoms with Crippen molar-refractivity contribution in [2.75, 3.05) is 13.7 Å². The number of carbonyl (C=O) groups excluding carboxylic acids is 1. The molecule has 20 heavy (non-hydrogen) atoms. The van der Waals surface area contributed by atoms with E-state index in [1.165, 1.54) is 19.2 Å². The number of benzene rings is 2. The molecule has 0 saturated heterocycles. The zero-order valence-corrected chi connectivity index (χ0v) is 11.1. The monoisotopic (exact) mass is 274 g/mol. The third kappa shape index (κ3) is 3.57. The maximum Gasteiger partial charge on any atom is 0.161 e. The van der Waals surface area contributed by atoms with Crippen molar-refractivity contribution >= 4 is 6.29 Å². The van der Waals surface area contributed by atoms with Crippen LogP contribution in [-0.4, -0.2) is 20.0 Å². The second kappa shape index (κ2) is 6.70. The van der Waals surface area contributed by atoms with Gasteiger partial charge in [-0.05, 0) is 35.9 Å². The molecule has 104 valence electrons. The van der Waals surface area contributed by atoms with Crippen LogP contribution in [0.5, 0.6) is 11.5 Å². The zero-order chi connectivity index (χ0) is 14.4. The third-order valence-corrected chi connectivity index (χ3v) is 2.89. The number of hydrogen-bond acceptors (Lipinski definition) is 3. The van der Waals surface area contributed by atoms with Gasteiger partial charge in [0.2, 0.25) is 0 Å². The average Bonchev–Trinajstić information content (AvgIpc) is 2.49. The van der Waals surface area contributed by atoms with E-state index in [0.29, 0.717) is 30.1 Å². The summed E-state index contributed by atoms with van der Waals surface area (Å²) < 4.78 is 23.6. The number of hydrogen-bond donors (Lipinski definition) is 0. The Morgan fingerprint density at radius 1 is 1.10 bits per heavy atom. The van der Waals surface area contributed by atoms with Gasteiger partial charge in [0.25, 0.3) is 0 Å². The smallest absolute Gasteiger partial charge is 0.161 e. The van der Waals surface area contributed by atoms with Crippen molar-refractivity contribution in [1.29, 1.82) is 0 Å². The summed E-state index contributed by atoms with van der Waals surface area (Å²) in [6.45, 7) is 0.447. The van der Waals surface area contributed by atoms with E-state index in [0.717, 1.165) is 11.8 Å². The van der Waals surface area contributed by atoms with Gasteiger partial charge < -0.3 is 9.47 Å². The van der Waals surface area contributed by atoms with E-state index in [2.05, 4.69) is 0 Å². The topological polar surface area (TPSA) is 35.5 Å². The van der Waals surface area contributed by atoms with E-state index >= 15 is 0 Å². The molecule has 0 aliphatic carbocycles. The molecule has 0 amide bonds. The Kier molecular flexibility index (Phi) is 4.71. The van der Waals surface area contributed by atoms with Gasteiger partial charge in [-0.3, -0.25) is 4.79 Å². The van der Waals surface area contributed by atoms with Crippen molar-refractivity contribution in [3.8, 4) is 11.5 Å². The van der Waals surface area contributed by atoms with Gasteiger partial charge in [0.15, 0.2) is 11.5 Å². The highest BCUT2D eigenvalue weighted by Crippen LogP contribution is 2.27. The molecule has 0 spiro atoms. The lowest BCUT2D eigenvalue weighted by Gasteiger charge is -2.11. The van der Waals surface area contributed by atoms with Crippen molar-refractivity contribution in [3.05, 3.63) is 59.4 Å². The van der Waals surface area contributed by atoms with E-state index in [4.69, 9.17) is 9.47 Å². The molecule has 0 N–H and O–H groups in total. The Bertz CT molecular complexity index is 579. The maximum absolute atomic E-state index is 12.8. The predicted octanol–water partition coefficient (Wildman–Crippen LogP) is 3.27. The summed E-state index contributed by atoms with van der Waals surface area (Å²) >= 11 is 0.